The van der Waals surface area contributed by atoms with E-state index in [4.69, 9.17) is 5.73 Å². The van der Waals surface area contributed by atoms with E-state index in [9.17, 15) is 4.79 Å². The quantitative estimate of drug-likeness (QED) is 0.791. The Balaban J connectivity index is 1.68. The summed E-state index contributed by atoms with van der Waals surface area (Å²) in [6, 6.07) is 10.9. The van der Waals surface area contributed by atoms with Gasteiger partial charge in [-0.25, -0.2) is 0 Å². The fourth-order valence-electron chi connectivity index (χ4n) is 6.46. The average Bonchev–Trinajstić information content (AvgIpc) is 3.21. The Morgan fingerprint density at radius 3 is 2.59 bits per heavy atom. The molecule has 2 nitrogen and oxygen atoms in total. The number of amides is 1. The molecular weight excluding hydrogens is 270 g/mol. The highest BCUT2D eigenvalue weighted by molar-refractivity contribution is 5.84. The molecule has 4 aliphatic rings. The highest BCUT2D eigenvalue weighted by atomic mass is 16.1. The van der Waals surface area contributed by atoms with Crippen molar-refractivity contribution >= 4 is 5.91 Å². The van der Waals surface area contributed by atoms with E-state index in [0.717, 1.165) is 18.8 Å². The topological polar surface area (TPSA) is 43.1 Å². The zero-order valence-electron chi connectivity index (χ0n) is 13.6. The molecule has 4 aliphatic carbocycles. The average molecular weight is 297 g/mol. The molecule has 22 heavy (non-hydrogen) atoms. The van der Waals surface area contributed by atoms with Gasteiger partial charge in [0.05, 0.1) is 5.41 Å². The molecule has 2 N–H and O–H groups in total. The van der Waals surface area contributed by atoms with Crippen LogP contribution < -0.4 is 5.73 Å². The minimum Gasteiger partial charge on any atom is -0.369 e. The van der Waals surface area contributed by atoms with Gasteiger partial charge in [-0.1, -0.05) is 56.5 Å². The molecule has 0 aliphatic heterocycles. The lowest BCUT2D eigenvalue weighted by Gasteiger charge is -2.33. The number of carbonyl (C=O) groups excluding carboxylic acids is 1. The molecule has 1 aromatic carbocycles. The highest BCUT2D eigenvalue weighted by Crippen LogP contribution is 2.78. The lowest BCUT2D eigenvalue weighted by molar-refractivity contribution is -0.128. The summed E-state index contributed by atoms with van der Waals surface area (Å²) in [6.07, 6.45) is 8.46. The van der Waals surface area contributed by atoms with Crippen LogP contribution in [0.1, 0.15) is 57.4 Å². The van der Waals surface area contributed by atoms with E-state index in [1.807, 2.05) is 0 Å². The van der Waals surface area contributed by atoms with Gasteiger partial charge in [0.1, 0.15) is 0 Å². The van der Waals surface area contributed by atoms with Crippen molar-refractivity contribution in [1.82, 2.24) is 0 Å². The molecule has 2 heteroatoms. The number of carbonyl (C=O) groups is 1. The summed E-state index contributed by atoms with van der Waals surface area (Å²) in [4.78, 5) is 12.3. The number of hydrogen-bond donors (Lipinski definition) is 1. The van der Waals surface area contributed by atoms with Gasteiger partial charge in [-0.15, -0.1) is 0 Å². The number of primary amides is 1. The molecule has 0 spiro atoms. The minimum atomic E-state index is -0.183. The first kappa shape index (κ1) is 14.3. The SMILES string of the molecule is CCCCCC1C2CC3(c4ccccc4)CC2(C(N)=O)CC13. The number of unbranched alkanes of at least 4 members (excludes halogenated alkanes) is 2. The lowest BCUT2D eigenvalue weighted by atomic mass is 9.70. The maximum Gasteiger partial charge on any atom is 0.223 e. The zero-order chi connectivity index (χ0) is 15.4. The summed E-state index contributed by atoms with van der Waals surface area (Å²) in [6.45, 7) is 2.26. The van der Waals surface area contributed by atoms with Crippen LogP contribution in [0.3, 0.4) is 0 Å². The van der Waals surface area contributed by atoms with Crippen molar-refractivity contribution in [2.75, 3.05) is 0 Å². The van der Waals surface area contributed by atoms with Crippen molar-refractivity contribution in [3.8, 4) is 0 Å². The van der Waals surface area contributed by atoms with Gasteiger partial charge in [0.2, 0.25) is 5.91 Å². The van der Waals surface area contributed by atoms with E-state index in [0.29, 0.717) is 11.8 Å². The normalized spacial score (nSPS) is 41.4. The monoisotopic (exact) mass is 297 g/mol. The summed E-state index contributed by atoms with van der Waals surface area (Å²) >= 11 is 0. The number of hydrogen-bond acceptors (Lipinski definition) is 1. The van der Waals surface area contributed by atoms with E-state index >= 15 is 0 Å². The zero-order valence-corrected chi connectivity index (χ0v) is 13.6. The number of benzene rings is 1. The minimum absolute atomic E-state index is 0.0178. The van der Waals surface area contributed by atoms with E-state index in [1.165, 1.54) is 37.7 Å². The molecule has 4 fully saturated rings. The van der Waals surface area contributed by atoms with Crippen LogP contribution in [0.25, 0.3) is 0 Å². The highest BCUT2D eigenvalue weighted by Gasteiger charge is 2.76. The molecule has 5 rings (SSSR count). The van der Waals surface area contributed by atoms with Crippen molar-refractivity contribution in [3.05, 3.63) is 35.9 Å². The molecule has 1 aromatic rings. The van der Waals surface area contributed by atoms with Gasteiger partial charge in [-0.2, -0.15) is 0 Å². The summed E-state index contributed by atoms with van der Waals surface area (Å²) < 4.78 is 0. The third-order valence-corrected chi connectivity index (χ3v) is 7.23. The molecule has 4 saturated carbocycles. The van der Waals surface area contributed by atoms with Gasteiger partial charge in [0.25, 0.3) is 0 Å². The van der Waals surface area contributed by atoms with Crippen molar-refractivity contribution in [2.45, 2.75) is 57.3 Å². The Kier molecular flexibility index (Phi) is 3.15. The Morgan fingerprint density at radius 2 is 1.95 bits per heavy atom. The van der Waals surface area contributed by atoms with E-state index in [-0.39, 0.29) is 16.7 Å². The standard InChI is InChI=1S/C20H27NO/c1-2-3-5-10-15-16-12-20(18(21)22)13-19(16,11-17(15)20)14-8-6-4-7-9-14/h4,6-9,15-17H,2-3,5,10-13H2,1H3,(H2,21,22). The first-order valence-electron chi connectivity index (χ1n) is 8.99. The van der Waals surface area contributed by atoms with Gasteiger partial charge in [-0.3, -0.25) is 4.79 Å². The van der Waals surface area contributed by atoms with Crippen molar-refractivity contribution in [2.24, 2.45) is 28.9 Å². The van der Waals surface area contributed by atoms with Gasteiger partial charge in [0.15, 0.2) is 0 Å². The Hall–Kier alpha value is -1.31. The van der Waals surface area contributed by atoms with Crippen LogP contribution in [0.2, 0.25) is 0 Å². The maximum atomic E-state index is 12.3. The first-order chi connectivity index (χ1) is 10.6. The molecule has 4 bridgehead atoms. The van der Waals surface area contributed by atoms with E-state index in [2.05, 4.69) is 37.3 Å². The second kappa shape index (κ2) is 4.84. The second-order valence-electron chi connectivity index (χ2n) is 8.00. The molecule has 5 atom stereocenters. The lowest BCUT2D eigenvalue weighted by Crippen LogP contribution is -2.38. The third kappa shape index (κ3) is 1.64. The maximum absolute atomic E-state index is 12.3. The molecular formula is C20H27NO. The van der Waals surface area contributed by atoms with Gasteiger partial charge >= 0.3 is 0 Å². The van der Waals surface area contributed by atoms with Crippen LogP contribution >= 0.6 is 0 Å². The fourth-order valence-corrected chi connectivity index (χ4v) is 6.46. The number of rotatable bonds is 6. The smallest absolute Gasteiger partial charge is 0.223 e. The fraction of sp³-hybridized carbons (Fsp3) is 0.650. The van der Waals surface area contributed by atoms with Crippen molar-refractivity contribution in [1.29, 1.82) is 0 Å². The second-order valence-corrected chi connectivity index (χ2v) is 8.00. The summed E-state index contributed by atoms with van der Waals surface area (Å²) in [5.41, 5.74) is 7.43. The van der Waals surface area contributed by atoms with Crippen LogP contribution in [-0.2, 0) is 10.2 Å². The Morgan fingerprint density at radius 1 is 1.18 bits per heavy atom. The molecule has 0 aromatic heterocycles. The molecule has 5 unspecified atom stereocenters. The molecule has 0 saturated heterocycles. The largest absolute Gasteiger partial charge is 0.369 e. The Labute approximate surface area is 133 Å². The van der Waals surface area contributed by atoms with Crippen LogP contribution in [0, 0.1) is 23.2 Å². The molecule has 0 radical (unpaired) electrons. The van der Waals surface area contributed by atoms with Crippen LogP contribution in [0.5, 0.6) is 0 Å². The van der Waals surface area contributed by atoms with Crippen molar-refractivity contribution < 1.29 is 4.79 Å². The number of nitrogens with two attached hydrogens (primary N) is 1. The summed E-state index contributed by atoms with van der Waals surface area (Å²) in [5, 5.41) is 0. The first-order valence-corrected chi connectivity index (χ1v) is 8.99. The molecule has 118 valence electrons. The predicted octanol–water partition coefficient (Wildman–Crippen LogP) is 4.04. The van der Waals surface area contributed by atoms with Crippen LogP contribution in [-0.4, -0.2) is 5.91 Å². The summed E-state index contributed by atoms with van der Waals surface area (Å²) in [7, 11) is 0. The third-order valence-electron chi connectivity index (χ3n) is 7.23. The predicted molar refractivity (Wildman–Crippen MR) is 88.2 cm³/mol. The Bertz CT molecular complexity index is 583. The van der Waals surface area contributed by atoms with Gasteiger partial charge < -0.3 is 5.73 Å². The van der Waals surface area contributed by atoms with Gasteiger partial charge in [0, 0.05) is 0 Å². The van der Waals surface area contributed by atoms with E-state index < -0.39 is 0 Å². The molecule has 1 amide bonds. The van der Waals surface area contributed by atoms with E-state index in [1.54, 1.807) is 0 Å². The van der Waals surface area contributed by atoms with Crippen LogP contribution in [0.15, 0.2) is 30.3 Å². The van der Waals surface area contributed by atoms with Gasteiger partial charge in [-0.05, 0) is 54.4 Å². The molecule has 0 heterocycles. The summed E-state index contributed by atoms with van der Waals surface area (Å²) in [5.74, 6) is 1.94. The van der Waals surface area contributed by atoms with Crippen molar-refractivity contribution in [3.63, 3.8) is 0 Å². The van der Waals surface area contributed by atoms with Crippen LogP contribution in [0.4, 0.5) is 0 Å².